The molecule has 3 atom stereocenters. The molecule has 1 aliphatic carbocycles. The first-order chi connectivity index (χ1) is 13.6. The van der Waals surface area contributed by atoms with Crippen molar-refractivity contribution in [1.29, 1.82) is 0 Å². The van der Waals surface area contributed by atoms with E-state index >= 15 is 0 Å². The zero-order valence-corrected chi connectivity index (χ0v) is 18.5. The van der Waals surface area contributed by atoms with Crippen LogP contribution in [-0.4, -0.2) is 10.8 Å². The molecule has 0 aromatic heterocycles. The van der Waals surface area contributed by atoms with Crippen molar-refractivity contribution in [3.63, 3.8) is 0 Å². The molecule has 5 rings (SSSR count). The standard InChI is InChI=1S/C24H18Br2O2/c1-13(27)28-24-20(26)12-19(25)22-17-9-5-4-8-16(17)21-15-7-3-2-6-14(15)10-11-18(21)23(22)24/h2-11,19-20,24H,12H2,1H3/t19?,20-,24+/m0/s1. The van der Waals surface area contributed by atoms with Crippen LogP contribution in [0.25, 0.3) is 32.3 Å². The summed E-state index contributed by atoms with van der Waals surface area (Å²) in [5, 5.41) is 7.29. The summed E-state index contributed by atoms with van der Waals surface area (Å²) in [4.78, 5) is 12.2. The van der Waals surface area contributed by atoms with E-state index < -0.39 is 0 Å². The van der Waals surface area contributed by atoms with Crippen LogP contribution in [-0.2, 0) is 9.53 Å². The van der Waals surface area contributed by atoms with Gasteiger partial charge in [-0.25, -0.2) is 0 Å². The van der Waals surface area contributed by atoms with Gasteiger partial charge in [-0.3, -0.25) is 4.79 Å². The van der Waals surface area contributed by atoms with Crippen molar-refractivity contribution in [3.05, 3.63) is 71.8 Å². The molecule has 0 spiro atoms. The first-order valence-electron chi connectivity index (χ1n) is 9.37. The number of esters is 1. The van der Waals surface area contributed by atoms with E-state index in [0.29, 0.717) is 0 Å². The smallest absolute Gasteiger partial charge is 0.303 e. The van der Waals surface area contributed by atoms with Crippen molar-refractivity contribution >= 4 is 70.1 Å². The fraction of sp³-hybridized carbons (Fsp3) is 0.208. The van der Waals surface area contributed by atoms with Crippen LogP contribution in [0.2, 0.25) is 0 Å². The highest BCUT2D eigenvalue weighted by Gasteiger charge is 2.37. The second-order valence-electron chi connectivity index (χ2n) is 7.33. The highest BCUT2D eigenvalue weighted by Crippen LogP contribution is 2.52. The second-order valence-corrected chi connectivity index (χ2v) is 9.61. The fourth-order valence-corrected chi connectivity index (χ4v) is 6.73. The molecule has 2 nitrogen and oxygen atoms in total. The molecule has 0 heterocycles. The van der Waals surface area contributed by atoms with Crippen molar-refractivity contribution in [3.8, 4) is 0 Å². The van der Waals surface area contributed by atoms with Gasteiger partial charge in [0.2, 0.25) is 0 Å². The Morgan fingerprint density at radius 3 is 2.29 bits per heavy atom. The molecule has 28 heavy (non-hydrogen) atoms. The molecule has 0 N–H and O–H groups in total. The predicted octanol–water partition coefficient (Wildman–Crippen LogP) is 7.35. The van der Waals surface area contributed by atoms with E-state index in [9.17, 15) is 4.79 Å². The van der Waals surface area contributed by atoms with Gasteiger partial charge in [0.15, 0.2) is 0 Å². The minimum Gasteiger partial charge on any atom is -0.456 e. The molecule has 0 fully saturated rings. The van der Waals surface area contributed by atoms with Crippen molar-refractivity contribution in [2.45, 2.75) is 29.1 Å². The monoisotopic (exact) mass is 496 g/mol. The lowest BCUT2D eigenvalue weighted by Crippen LogP contribution is -2.26. The van der Waals surface area contributed by atoms with Gasteiger partial charge in [0.25, 0.3) is 0 Å². The van der Waals surface area contributed by atoms with E-state index in [1.807, 2.05) is 0 Å². The van der Waals surface area contributed by atoms with Crippen LogP contribution in [0.4, 0.5) is 0 Å². The van der Waals surface area contributed by atoms with E-state index in [1.54, 1.807) is 0 Å². The molecule has 0 aliphatic heterocycles. The number of carbonyl (C=O) groups is 1. The summed E-state index contributed by atoms with van der Waals surface area (Å²) in [6.45, 7) is 1.48. The number of halogens is 2. The van der Waals surface area contributed by atoms with Crippen LogP contribution < -0.4 is 0 Å². The molecular weight excluding hydrogens is 480 g/mol. The van der Waals surface area contributed by atoms with Crippen LogP contribution in [0.5, 0.6) is 0 Å². The van der Waals surface area contributed by atoms with Gasteiger partial charge in [-0.05, 0) is 44.3 Å². The van der Waals surface area contributed by atoms with Gasteiger partial charge in [0, 0.05) is 17.3 Å². The average molecular weight is 498 g/mol. The average Bonchev–Trinajstić information content (AvgIpc) is 2.69. The Bertz CT molecular complexity index is 1250. The number of ether oxygens (including phenoxy) is 1. The third kappa shape index (κ3) is 2.69. The molecular formula is C24H18Br2O2. The number of hydrogen-bond acceptors (Lipinski definition) is 2. The van der Waals surface area contributed by atoms with Gasteiger partial charge in [-0.2, -0.15) is 0 Å². The lowest BCUT2D eigenvalue weighted by molar-refractivity contribution is -0.146. The van der Waals surface area contributed by atoms with Crippen molar-refractivity contribution in [1.82, 2.24) is 0 Å². The maximum absolute atomic E-state index is 11.9. The lowest BCUT2D eigenvalue weighted by Gasteiger charge is -2.35. The Kier molecular flexibility index (Phi) is 4.44. The summed E-state index contributed by atoms with van der Waals surface area (Å²) >= 11 is 7.69. The van der Waals surface area contributed by atoms with Crippen molar-refractivity contribution < 1.29 is 9.53 Å². The fourth-order valence-electron chi connectivity index (χ4n) is 4.59. The van der Waals surface area contributed by atoms with Gasteiger partial charge in [0.05, 0.1) is 4.83 Å². The quantitative estimate of drug-likeness (QED) is 0.156. The highest BCUT2D eigenvalue weighted by molar-refractivity contribution is 9.10. The number of alkyl halides is 2. The molecule has 1 aliphatic rings. The molecule has 0 radical (unpaired) electrons. The van der Waals surface area contributed by atoms with E-state index in [1.165, 1.54) is 39.4 Å². The van der Waals surface area contributed by atoms with Gasteiger partial charge in [-0.15, -0.1) is 0 Å². The topological polar surface area (TPSA) is 26.3 Å². The first kappa shape index (κ1) is 18.1. The van der Waals surface area contributed by atoms with Gasteiger partial charge >= 0.3 is 5.97 Å². The van der Waals surface area contributed by atoms with Crippen molar-refractivity contribution in [2.24, 2.45) is 0 Å². The van der Waals surface area contributed by atoms with E-state index in [0.717, 1.165) is 17.4 Å². The normalized spacial score (nSPS) is 21.8. The maximum Gasteiger partial charge on any atom is 0.303 e. The SMILES string of the molecule is CC(=O)O[C@H]1c2c(c3ccccc3c3c2ccc2ccccc23)C(Br)C[C@@H]1Br. The third-order valence-electron chi connectivity index (χ3n) is 5.65. The summed E-state index contributed by atoms with van der Waals surface area (Å²) in [6.07, 6.45) is 0.545. The van der Waals surface area contributed by atoms with E-state index in [2.05, 4.69) is 92.5 Å². The van der Waals surface area contributed by atoms with Crippen LogP contribution >= 0.6 is 31.9 Å². The number of rotatable bonds is 1. The maximum atomic E-state index is 11.9. The summed E-state index contributed by atoms with van der Waals surface area (Å²) in [5.41, 5.74) is 2.35. The minimum atomic E-state index is -0.311. The van der Waals surface area contributed by atoms with Gasteiger partial charge in [-0.1, -0.05) is 92.5 Å². The van der Waals surface area contributed by atoms with Crippen LogP contribution in [0, 0.1) is 0 Å². The molecule has 140 valence electrons. The Hall–Kier alpha value is -1.91. The van der Waals surface area contributed by atoms with Crippen LogP contribution in [0.1, 0.15) is 35.4 Å². The Morgan fingerprint density at radius 2 is 1.54 bits per heavy atom. The molecule has 0 saturated heterocycles. The molecule has 4 aromatic rings. The Balaban J connectivity index is 2.02. The Morgan fingerprint density at radius 1 is 0.857 bits per heavy atom. The lowest BCUT2D eigenvalue weighted by atomic mass is 9.80. The minimum absolute atomic E-state index is 0.0594. The molecule has 4 heteroatoms. The predicted molar refractivity (Wildman–Crippen MR) is 122 cm³/mol. The van der Waals surface area contributed by atoms with E-state index in [-0.39, 0.29) is 21.7 Å². The zero-order chi connectivity index (χ0) is 19.4. The van der Waals surface area contributed by atoms with E-state index in [4.69, 9.17) is 4.74 Å². The summed E-state index contributed by atoms with van der Waals surface area (Å²) in [7, 11) is 0. The van der Waals surface area contributed by atoms with Crippen molar-refractivity contribution in [2.75, 3.05) is 0 Å². The Labute approximate surface area is 180 Å². The molecule has 4 aromatic carbocycles. The summed E-state index contributed by atoms with van der Waals surface area (Å²) < 4.78 is 5.84. The number of carbonyl (C=O) groups excluding carboxylic acids is 1. The molecule has 0 amide bonds. The zero-order valence-electron chi connectivity index (χ0n) is 15.3. The van der Waals surface area contributed by atoms with Gasteiger partial charge < -0.3 is 4.74 Å². The summed E-state index contributed by atoms with van der Waals surface area (Å²) in [6, 6.07) is 21.4. The first-order valence-corrected chi connectivity index (χ1v) is 11.2. The largest absolute Gasteiger partial charge is 0.456 e. The second kappa shape index (κ2) is 6.85. The summed E-state index contributed by atoms with van der Waals surface area (Å²) in [5.74, 6) is -0.254. The number of benzene rings is 4. The number of fused-ring (bicyclic) bond motifs is 8. The third-order valence-corrected chi connectivity index (χ3v) is 7.33. The molecule has 0 saturated carbocycles. The van der Waals surface area contributed by atoms with Crippen LogP contribution in [0.15, 0.2) is 60.7 Å². The number of hydrogen-bond donors (Lipinski definition) is 0. The molecule has 0 bridgehead atoms. The highest BCUT2D eigenvalue weighted by atomic mass is 79.9. The molecule has 1 unspecified atom stereocenters. The van der Waals surface area contributed by atoms with Gasteiger partial charge in [0.1, 0.15) is 6.10 Å². The van der Waals surface area contributed by atoms with Crippen LogP contribution in [0.3, 0.4) is 0 Å².